The van der Waals surface area contributed by atoms with Crippen molar-refractivity contribution in [2.24, 2.45) is 28.6 Å². The maximum Gasteiger partial charge on any atom is 0.0683 e. The van der Waals surface area contributed by atoms with Crippen molar-refractivity contribution >= 4 is 0 Å². The summed E-state index contributed by atoms with van der Waals surface area (Å²) in [6.45, 7) is 9.40. The van der Waals surface area contributed by atoms with Crippen LogP contribution in [0.5, 0.6) is 0 Å². The van der Waals surface area contributed by atoms with E-state index in [1.165, 1.54) is 25.7 Å². The molecule has 5 atom stereocenters. The standard InChI is InChI=1S/C15H26O/c1-10-5-8-15-12(10)9-11(13(15,2)3)6-7-14(15,4)16/h10-12,16H,5-9H2,1-4H3/t10-,11-,12+,14+,15+/m0/s1. The average molecular weight is 222 g/mol. The van der Waals surface area contributed by atoms with Crippen LogP contribution in [-0.4, -0.2) is 10.7 Å². The van der Waals surface area contributed by atoms with Crippen LogP contribution in [0.15, 0.2) is 0 Å². The molecule has 0 saturated heterocycles. The van der Waals surface area contributed by atoms with Crippen LogP contribution >= 0.6 is 0 Å². The first-order valence-electron chi connectivity index (χ1n) is 7.05. The van der Waals surface area contributed by atoms with Crippen molar-refractivity contribution < 1.29 is 5.11 Å². The van der Waals surface area contributed by atoms with Gasteiger partial charge in [0.05, 0.1) is 5.60 Å². The van der Waals surface area contributed by atoms with Crippen LogP contribution in [0, 0.1) is 28.6 Å². The lowest BCUT2D eigenvalue weighted by Gasteiger charge is -2.57. The summed E-state index contributed by atoms with van der Waals surface area (Å²) < 4.78 is 0. The number of hydrogen-bond donors (Lipinski definition) is 1. The second-order valence-electron chi connectivity index (χ2n) is 7.56. The second kappa shape index (κ2) is 2.85. The highest BCUT2D eigenvalue weighted by Gasteiger charge is 2.71. The molecule has 0 radical (unpaired) electrons. The average Bonchev–Trinajstić information content (AvgIpc) is 2.56. The van der Waals surface area contributed by atoms with Gasteiger partial charge < -0.3 is 5.11 Å². The van der Waals surface area contributed by atoms with Crippen LogP contribution in [-0.2, 0) is 0 Å². The van der Waals surface area contributed by atoms with Gasteiger partial charge in [0.25, 0.3) is 0 Å². The first-order chi connectivity index (χ1) is 7.33. The van der Waals surface area contributed by atoms with E-state index in [2.05, 4.69) is 27.7 Å². The lowest BCUT2D eigenvalue weighted by Crippen LogP contribution is -2.57. The fraction of sp³-hybridized carbons (Fsp3) is 1.00. The van der Waals surface area contributed by atoms with E-state index in [0.29, 0.717) is 5.41 Å². The summed E-state index contributed by atoms with van der Waals surface area (Å²) in [5, 5.41) is 11.0. The zero-order valence-electron chi connectivity index (χ0n) is 11.2. The minimum atomic E-state index is -0.418. The molecular formula is C15H26O. The molecule has 0 aromatic carbocycles. The highest BCUT2D eigenvalue weighted by Crippen LogP contribution is 2.75. The smallest absolute Gasteiger partial charge is 0.0683 e. The van der Waals surface area contributed by atoms with Gasteiger partial charge in [-0.25, -0.2) is 0 Å². The molecular weight excluding hydrogens is 196 g/mol. The summed E-state index contributed by atoms with van der Waals surface area (Å²) in [5.74, 6) is 2.47. The first-order valence-corrected chi connectivity index (χ1v) is 7.05. The SMILES string of the molecule is C[C@H]1CC[C@]23[C@@H]1C[C@H](CC[C@@]2(C)O)C3(C)C. The van der Waals surface area contributed by atoms with E-state index in [-0.39, 0.29) is 5.41 Å². The summed E-state index contributed by atoms with van der Waals surface area (Å²) in [7, 11) is 0. The zero-order chi connectivity index (χ0) is 11.8. The van der Waals surface area contributed by atoms with Crippen molar-refractivity contribution in [3.05, 3.63) is 0 Å². The molecule has 92 valence electrons. The first kappa shape index (κ1) is 11.1. The highest BCUT2D eigenvalue weighted by molar-refractivity contribution is 5.20. The topological polar surface area (TPSA) is 20.2 Å². The molecule has 0 aromatic heterocycles. The molecule has 0 aliphatic heterocycles. The van der Waals surface area contributed by atoms with Crippen LogP contribution in [0.2, 0.25) is 0 Å². The number of aliphatic hydroxyl groups is 1. The van der Waals surface area contributed by atoms with Crippen molar-refractivity contribution in [2.75, 3.05) is 0 Å². The molecule has 3 fully saturated rings. The van der Waals surface area contributed by atoms with Gasteiger partial charge in [0.1, 0.15) is 0 Å². The number of rotatable bonds is 0. The minimum absolute atomic E-state index is 0.225. The van der Waals surface area contributed by atoms with Gasteiger partial charge in [0, 0.05) is 5.41 Å². The normalized spacial score (nSPS) is 58.7. The predicted octanol–water partition coefficient (Wildman–Crippen LogP) is 3.61. The Balaban J connectivity index is 2.16. The maximum absolute atomic E-state index is 11.0. The van der Waals surface area contributed by atoms with E-state index in [9.17, 15) is 5.11 Å². The largest absolute Gasteiger partial charge is 0.390 e. The predicted molar refractivity (Wildman–Crippen MR) is 66.1 cm³/mol. The van der Waals surface area contributed by atoms with Crippen LogP contribution in [0.1, 0.15) is 59.8 Å². The lowest BCUT2D eigenvalue weighted by atomic mass is 9.50. The Morgan fingerprint density at radius 3 is 2.44 bits per heavy atom. The summed E-state index contributed by atoms with van der Waals surface area (Å²) in [6.07, 6.45) is 6.24. The molecule has 0 heterocycles. The van der Waals surface area contributed by atoms with Crippen LogP contribution < -0.4 is 0 Å². The monoisotopic (exact) mass is 222 g/mol. The Labute approximate surface area is 99.6 Å². The Kier molecular flexibility index (Phi) is 1.98. The molecule has 1 heteroatoms. The summed E-state index contributed by atoms with van der Waals surface area (Å²) in [5.41, 5.74) is 0.158. The third kappa shape index (κ3) is 0.939. The molecule has 1 spiro atoms. The second-order valence-corrected chi connectivity index (χ2v) is 7.56. The molecule has 2 bridgehead atoms. The third-order valence-corrected chi connectivity index (χ3v) is 6.96. The van der Waals surface area contributed by atoms with E-state index in [1.807, 2.05) is 0 Å². The quantitative estimate of drug-likeness (QED) is 0.664. The molecule has 3 aliphatic rings. The summed E-state index contributed by atoms with van der Waals surface area (Å²) in [4.78, 5) is 0. The van der Waals surface area contributed by atoms with Crippen molar-refractivity contribution in [3.63, 3.8) is 0 Å². The highest BCUT2D eigenvalue weighted by atomic mass is 16.3. The molecule has 0 unspecified atom stereocenters. The zero-order valence-corrected chi connectivity index (χ0v) is 11.2. The maximum atomic E-state index is 11.0. The molecule has 0 amide bonds. The number of hydrogen-bond acceptors (Lipinski definition) is 1. The van der Waals surface area contributed by atoms with Crippen LogP contribution in [0.3, 0.4) is 0 Å². The Morgan fingerprint density at radius 2 is 1.75 bits per heavy atom. The van der Waals surface area contributed by atoms with Crippen molar-refractivity contribution in [2.45, 2.75) is 65.4 Å². The van der Waals surface area contributed by atoms with Crippen LogP contribution in [0.25, 0.3) is 0 Å². The summed E-state index contributed by atoms with van der Waals surface area (Å²) in [6, 6.07) is 0. The number of fused-ring (bicyclic) bond motifs is 1. The van der Waals surface area contributed by atoms with E-state index in [4.69, 9.17) is 0 Å². The van der Waals surface area contributed by atoms with E-state index >= 15 is 0 Å². The molecule has 3 saturated carbocycles. The molecule has 0 aromatic rings. The van der Waals surface area contributed by atoms with Crippen molar-refractivity contribution in [1.29, 1.82) is 0 Å². The van der Waals surface area contributed by atoms with Gasteiger partial charge in [0.2, 0.25) is 0 Å². The molecule has 1 nitrogen and oxygen atoms in total. The minimum Gasteiger partial charge on any atom is -0.390 e. The van der Waals surface area contributed by atoms with Gasteiger partial charge in [-0.05, 0) is 62.2 Å². The van der Waals surface area contributed by atoms with E-state index in [0.717, 1.165) is 24.2 Å². The fourth-order valence-electron chi connectivity index (χ4n) is 6.05. The van der Waals surface area contributed by atoms with E-state index < -0.39 is 5.60 Å². The van der Waals surface area contributed by atoms with E-state index in [1.54, 1.807) is 0 Å². The fourth-order valence-corrected chi connectivity index (χ4v) is 6.05. The molecule has 3 rings (SSSR count). The van der Waals surface area contributed by atoms with Gasteiger partial charge in [-0.3, -0.25) is 0 Å². The Morgan fingerprint density at radius 1 is 1.06 bits per heavy atom. The molecule has 3 aliphatic carbocycles. The van der Waals surface area contributed by atoms with Crippen LogP contribution in [0.4, 0.5) is 0 Å². The Hall–Kier alpha value is -0.0400. The molecule has 16 heavy (non-hydrogen) atoms. The van der Waals surface area contributed by atoms with Gasteiger partial charge in [-0.1, -0.05) is 20.8 Å². The third-order valence-electron chi connectivity index (χ3n) is 6.96. The van der Waals surface area contributed by atoms with Gasteiger partial charge in [-0.15, -0.1) is 0 Å². The van der Waals surface area contributed by atoms with Crippen molar-refractivity contribution in [3.8, 4) is 0 Å². The molecule has 1 N–H and O–H groups in total. The van der Waals surface area contributed by atoms with Gasteiger partial charge in [0.15, 0.2) is 0 Å². The lowest BCUT2D eigenvalue weighted by molar-refractivity contribution is -0.170. The van der Waals surface area contributed by atoms with Crippen molar-refractivity contribution in [1.82, 2.24) is 0 Å². The van der Waals surface area contributed by atoms with Gasteiger partial charge >= 0.3 is 0 Å². The Bertz CT molecular complexity index is 317. The van der Waals surface area contributed by atoms with Gasteiger partial charge in [-0.2, -0.15) is 0 Å². The summed E-state index contributed by atoms with van der Waals surface area (Å²) >= 11 is 0.